The number of phenols is 1. The number of hydrogen-bond donors (Lipinski definition) is 4. The summed E-state index contributed by atoms with van der Waals surface area (Å²) in [7, 11) is 0. The quantitative estimate of drug-likeness (QED) is 0.0803. The fourth-order valence-corrected chi connectivity index (χ4v) is 4.97. The number of amides is 2. The predicted octanol–water partition coefficient (Wildman–Crippen LogP) is 8.41. The predicted molar refractivity (Wildman–Crippen MR) is 176 cm³/mol. The number of aromatic hydroxyl groups is 1. The molecular weight excluding hydrogens is 546 g/mol. The van der Waals surface area contributed by atoms with Crippen LogP contribution in [0.2, 0.25) is 0 Å². The van der Waals surface area contributed by atoms with Gasteiger partial charge in [0.05, 0.1) is 4.99 Å². The standard InChI is InChI=1S/C34H51N3O4S/c1-2-3-4-5-6-7-8-9-10-11-15-24-32(42)35-25-17-16-23-31(33(39)36-29-21-18-22-30(38)26-29)37-34(40)41-27-28-19-13-12-14-20-28/h12-14,18-22,26,31,38H,2-11,15-17,23-25,27H2,1H3,(H,35,42)(H,36,39)(H,37,40)/t31-/m0/s1. The van der Waals surface area contributed by atoms with E-state index in [1.807, 2.05) is 30.3 Å². The van der Waals surface area contributed by atoms with Crippen molar-refractivity contribution in [1.29, 1.82) is 0 Å². The lowest BCUT2D eigenvalue weighted by molar-refractivity contribution is -0.118. The average molecular weight is 598 g/mol. The van der Waals surface area contributed by atoms with Crippen LogP contribution < -0.4 is 16.0 Å². The number of carbonyl (C=O) groups excluding carboxylic acids is 2. The second kappa shape index (κ2) is 22.5. The van der Waals surface area contributed by atoms with Gasteiger partial charge < -0.3 is 25.8 Å². The minimum Gasteiger partial charge on any atom is -0.508 e. The third kappa shape index (κ3) is 17.0. The van der Waals surface area contributed by atoms with Crippen LogP contribution in [0, 0.1) is 0 Å². The lowest BCUT2D eigenvalue weighted by Gasteiger charge is -2.19. The van der Waals surface area contributed by atoms with Gasteiger partial charge in [-0.2, -0.15) is 0 Å². The molecular formula is C34H51N3O4S. The smallest absolute Gasteiger partial charge is 0.408 e. The Morgan fingerprint density at radius 2 is 1.50 bits per heavy atom. The summed E-state index contributed by atoms with van der Waals surface area (Å²) in [4.78, 5) is 26.4. The van der Waals surface area contributed by atoms with Crippen LogP contribution in [0.4, 0.5) is 10.5 Å². The Hall–Kier alpha value is -3.13. The molecule has 0 spiro atoms. The highest BCUT2D eigenvalue weighted by molar-refractivity contribution is 7.80. The highest BCUT2D eigenvalue weighted by atomic mass is 32.1. The number of benzene rings is 2. The van der Waals surface area contributed by atoms with E-state index in [0.717, 1.165) is 36.4 Å². The molecule has 4 N–H and O–H groups in total. The molecule has 2 aromatic carbocycles. The monoisotopic (exact) mass is 597 g/mol. The Kier molecular flexibility index (Phi) is 18.8. The van der Waals surface area contributed by atoms with Gasteiger partial charge in [0.25, 0.3) is 0 Å². The van der Waals surface area contributed by atoms with E-state index in [2.05, 4.69) is 22.9 Å². The molecule has 0 aliphatic heterocycles. The van der Waals surface area contributed by atoms with E-state index >= 15 is 0 Å². The van der Waals surface area contributed by atoms with Crippen molar-refractivity contribution in [2.75, 3.05) is 11.9 Å². The lowest BCUT2D eigenvalue weighted by atomic mass is 10.1. The van der Waals surface area contributed by atoms with Gasteiger partial charge in [0.2, 0.25) is 5.91 Å². The average Bonchev–Trinajstić information content (AvgIpc) is 2.98. The number of anilines is 1. The van der Waals surface area contributed by atoms with Gasteiger partial charge in [-0.25, -0.2) is 4.79 Å². The van der Waals surface area contributed by atoms with Crippen LogP contribution >= 0.6 is 12.2 Å². The molecule has 0 unspecified atom stereocenters. The minimum atomic E-state index is -0.779. The lowest BCUT2D eigenvalue weighted by Crippen LogP contribution is -2.44. The van der Waals surface area contributed by atoms with Crippen molar-refractivity contribution in [3.05, 3.63) is 60.2 Å². The molecule has 0 saturated carbocycles. The van der Waals surface area contributed by atoms with Gasteiger partial charge in [0.1, 0.15) is 18.4 Å². The molecule has 0 fully saturated rings. The topological polar surface area (TPSA) is 99.7 Å². The van der Waals surface area contributed by atoms with E-state index in [-0.39, 0.29) is 18.3 Å². The van der Waals surface area contributed by atoms with E-state index in [9.17, 15) is 14.7 Å². The molecule has 0 radical (unpaired) electrons. The molecule has 0 aliphatic carbocycles. The molecule has 8 heteroatoms. The Morgan fingerprint density at radius 1 is 0.833 bits per heavy atom. The molecule has 0 bridgehead atoms. The van der Waals surface area contributed by atoms with E-state index in [1.165, 1.54) is 76.3 Å². The molecule has 0 aromatic heterocycles. The van der Waals surface area contributed by atoms with E-state index < -0.39 is 12.1 Å². The highest BCUT2D eigenvalue weighted by Gasteiger charge is 2.21. The van der Waals surface area contributed by atoms with Crippen LogP contribution in [0.25, 0.3) is 0 Å². The molecule has 0 saturated heterocycles. The Labute approximate surface area is 258 Å². The Morgan fingerprint density at radius 3 is 2.17 bits per heavy atom. The Balaban J connectivity index is 1.64. The minimum absolute atomic E-state index is 0.0507. The second-order valence-corrected chi connectivity index (χ2v) is 11.4. The number of ether oxygens (including phenoxy) is 1. The molecule has 2 aromatic rings. The van der Waals surface area contributed by atoms with E-state index in [0.29, 0.717) is 18.5 Å². The van der Waals surface area contributed by atoms with Crippen LogP contribution in [0.1, 0.15) is 109 Å². The van der Waals surface area contributed by atoms with Crippen molar-refractivity contribution < 1.29 is 19.4 Å². The molecule has 42 heavy (non-hydrogen) atoms. The van der Waals surface area contributed by atoms with Gasteiger partial charge in [0.15, 0.2) is 0 Å². The van der Waals surface area contributed by atoms with Crippen molar-refractivity contribution in [2.24, 2.45) is 0 Å². The maximum atomic E-state index is 13.0. The summed E-state index contributed by atoms with van der Waals surface area (Å²) in [5.74, 6) is -0.313. The first kappa shape index (κ1) is 35.1. The maximum absolute atomic E-state index is 13.0. The Bertz CT molecular complexity index is 1030. The number of alkyl carbamates (subject to hydrolysis) is 1. The zero-order valence-corrected chi connectivity index (χ0v) is 26.2. The highest BCUT2D eigenvalue weighted by Crippen LogP contribution is 2.16. The molecule has 0 heterocycles. The summed E-state index contributed by atoms with van der Waals surface area (Å²) in [6, 6.07) is 14.9. The first-order chi connectivity index (χ1) is 20.5. The molecule has 2 amide bonds. The van der Waals surface area contributed by atoms with Crippen molar-refractivity contribution in [2.45, 2.75) is 116 Å². The fraction of sp³-hybridized carbons (Fsp3) is 0.559. The van der Waals surface area contributed by atoms with Crippen molar-refractivity contribution in [3.8, 4) is 5.75 Å². The van der Waals surface area contributed by atoms with Crippen molar-refractivity contribution in [1.82, 2.24) is 10.6 Å². The number of hydrogen-bond acceptors (Lipinski definition) is 5. The SMILES string of the molecule is CCCCCCCCCCCCCC(=S)NCCCC[C@H](NC(=O)OCc1ccccc1)C(=O)Nc1cccc(O)c1. The van der Waals surface area contributed by atoms with Crippen LogP contribution in [-0.2, 0) is 16.1 Å². The van der Waals surface area contributed by atoms with Crippen LogP contribution in [0.5, 0.6) is 5.75 Å². The van der Waals surface area contributed by atoms with Gasteiger partial charge in [-0.05, 0) is 49.8 Å². The summed E-state index contributed by atoms with van der Waals surface area (Å²) < 4.78 is 5.33. The summed E-state index contributed by atoms with van der Waals surface area (Å²) in [5, 5.41) is 18.5. The molecule has 7 nitrogen and oxygen atoms in total. The number of nitrogens with one attached hydrogen (secondary N) is 3. The first-order valence-corrected chi connectivity index (χ1v) is 16.2. The van der Waals surface area contributed by atoms with E-state index in [4.69, 9.17) is 17.0 Å². The van der Waals surface area contributed by atoms with Crippen molar-refractivity contribution >= 4 is 34.9 Å². The maximum Gasteiger partial charge on any atom is 0.408 e. The number of unbranched alkanes of at least 4 members (excludes halogenated alkanes) is 11. The normalized spacial score (nSPS) is 11.5. The first-order valence-electron chi connectivity index (χ1n) is 15.8. The van der Waals surface area contributed by atoms with Gasteiger partial charge >= 0.3 is 6.09 Å². The second-order valence-electron chi connectivity index (χ2n) is 10.9. The summed E-state index contributed by atoms with van der Waals surface area (Å²) in [6.45, 7) is 3.11. The largest absolute Gasteiger partial charge is 0.508 e. The summed E-state index contributed by atoms with van der Waals surface area (Å²) in [6.07, 6.45) is 16.7. The molecule has 1 atom stereocenters. The third-order valence-corrected chi connectivity index (χ3v) is 7.53. The van der Waals surface area contributed by atoms with Gasteiger partial charge in [-0.15, -0.1) is 0 Å². The number of phenolic OH excluding ortho intramolecular Hbond substituents is 1. The summed E-state index contributed by atoms with van der Waals surface area (Å²) in [5.41, 5.74) is 1.32. The third-order valence-electron chi connectivity index (χ3n) is 7.18. The number of carbonyl (C=O) groups is 2. The van der Waals surface area contributed by atoms with Crippen LogP contribution in [-0.4, -0.2) is 34.7 Å². The molecule has 2 rings (SSSR count). The summed E-state index contributed by atoms with van der Waals surface area (Å²) >= 11 is 5.51. The number of rotatable bonds is 22. The fourth-order valence-electron chi connectivity index (χ4n) is 4.73. The van der Waals surface area contributed by atoms with Gasteiger partial charge in [-0.3, -0.25) is 4.79 Å². The number of thiocarbonyl (C=S) groups is 1. The molecule has 232 valence electrons. The van der Waals surface area contributed by atoms with Crippen LogP contribution in [0.15, 0.2) is 54.6 Å². The van der Waals surface area contributed by atoms with Crippen molar-refractivity contribution in [3.63, 3.8) is 0 Å². The zero-order valence-electron chi connectivity index (χ0n) is 25.4. The van der Waals surface area contributed by atoms with E-state index in [1.54, 1.807) is 12.1 Å². The molecule has 0 aliphatic rings. The van der Waals surface area contributed by atoms with Crippen LogP contribution in [0.3, 0.4) is 0 Å². The zero-order chi connectivity index (χ0) is 30.3. The van der Waals surface area contributed by atoms with Gasteiger partial charge in [-0.1, -0.05) is 120 Å². The van der Waals surface area contributed by atoms with Gasteiger partial charge in [0, 0.05) is 18.3 Å².